The Bertz CT molecular complexity index is 525. The number of nitrogens with two attached hydrogens (primary N) is 2. The zero-order valence-electron chi connectivity index (χ0n) is 15.1. The molecule has 1 aliphatic rings. The highest BCUT2D eigenvalue weighted by molar-refractivity contribution is 5.92. The van der Waals surface area contributed by atoms with Gasteiger partial charge in [-0.1, -0.05) is 0 Å². The van der Waals surface area contributed by atoms with Gasteiger partial charge in [-0.2, -0.15) is 0 Å². The van der Waals surface area contributed by atoms with Crippen LogP contribution in [0.4, 0.5) is 0 Å². The van der Waals surface area contributed by atoms with Gasteiger partial charge in [0.1, 0.15) is 12.1 Å². The monoisotopic (exact) mass is 371 g/mol. The van der Waals surface area contributed by atoms with E-state index in [1.807, 2.05) is 0 Å². The van der Waals surface area contributed by atoms with E-state index in [0.29, 0.717) is 45.2 Å². The first-order valence-electron chi connectivity index (χ1n) is 8.84. The van der Waals surface area contributed by atoms with E-state index in [9.17, 15) is 19.2 Å². The first kappa shape index (κ1) is 21.8. The van der Waals surface area contributed by atoms with E-state index in [1.165, 1.54) is 11.8 Å². The smallest absolute Gasteiger partial charge is 0.326 e. The van der Waals surface area contributed by atoms with Crippen molar-refractivity contribution in [1.82, 2.24) is 15.5 Å². The van der Waals surface area contributed by atoms with Gasteiger partial charge in [-0.15, -0.1) is 0 Å². The maximum atomic E-state index is 12.3. The molecule has 10 heteroatoms. The van der Waals surface area contributed by atoms with Crippen molar-refractivity contribution in [3.05, 3.63) is 0 Å². The lowest BCUT2D eigenvalue weighted by atomic mass is 10.1. The molecule has 3 atom stereocenters. The summed E-state index contributed by atoms with van der Waals surface area (Å²) in [5, 5.41) is 14.2. The minimum atomic E-state index is -1.05. The van der Waals surface area contributed by atoms with Gasteiger partial charge in [-0.25, -0.2) is 4.79 Å². The fraction of sp³-hybridized carbons (Fsp3) is 0.750. The van der Waals surface area contributed by atoms with Gasteiger partial charge in [0.05, 0.1) is 12.6 Å². The van der Waals surface area contributed by atoms with E-state index in [1.54, 1.807) is 0 Å². The Labute approximate surface area is 152 Å². The van der Waals surface area contributed by atoms with Crippen LogP contribution in [-0.2, 0) is 19.2 Å². The lowest BCUT2D eigenvalue weighted by Gasteiger charge is -2.23. The first-order chi connectivity index (χ1) is 12.3. The molecule has 0 aromatic carbocycles. The number of likely N-dealkylation sites (tertiary alicyclic amines) is 1. The largest absolute Gasteiger partial charge is 0.480 e. The second-order valence-electron chi connectivity index (χ2n) is 6.44. The van der Waals surface area contributed by atoms with E-state index < -0.39 is 41.8 Å². The first-order valence-corrected chi connectivity index (χ1v) is 8.84. The number of carboxylic acid groups (broad SMARTS) is 1. The van der Waals surface area contributed by atoms with Crippen molar-refractivity contribution in [3.63, 3.8) is 0 Å². The van der Waals surface area contributed by atoms with Gasteiger partial charge in [-0.05, 0) is 45.6 Å². The van der Waals surface area contributed by atoms with Crippen LogP contribution in [0, 0.1) is 0 Å². The lowest BCUT2D eigenvalue weighted by Crippen LogP contribution is -2.53. The third-order valence-electron chi connectivity index (χ3n) is 4.27. The van der Waals surface area contributed by atoms with Crippen molar-refractivity contribution >= 4 is 23.7 Å². The Morgan fingerprint density at radius 1 is 1.23 bits per heavy atom. The fourth-order valence-corrected chi connectivity index (χ4v) is 2.77. The van der Waals surface area contributed by atoms with Crippen LogP contribution < -0.4 is 22.1 Å². The van der Waals surface area contributed by atoms with Gasteiger partial charge in [0.15, 0.2) is 0 Å². The second kappa shape index (κ2) is 10.7. The lowest BCUT2D eigenvalue weighted by molar-refractivity contribution is -0.148. The van der Waals surface area contributed by atoms with E-state index >= 15 is 0 Å². The number of nitrogens with one attached hydrogen (secondary N) is 2. The van der Waals surface area contributed by atoms with Crippen LogP contribution in [0.25, 0.3) is 0 Å². The van der Waals surface area contributed by atoms with Crippen molar-refractivity contribution in [2.24, 2.45) is 11.5 Å². The molecular formula is C16H29N5O5. The van der Waals surface area contributed by atoms with E-state index in [2.05, 4.69) is 10.6 Å². The summed E-state index contributed by atoms with van der Waals surface area (Å²) in [4.78, 5) is 48.7. The summed E-state index contributed by atoms with van der Waals surface area (Å²) in [6, 6.07) is -2.43. The van der Waals surface area contributed by atoms with Crippen LogP contribution >= 0.6 is 0 Å². The van der Waals surface area contributed by atoms with Gasteiger partial charge in [0, 0.05) is 6.54 Å². The van der Waals surface area contributed by atoms with Gasteiger partial charge in [-0.3, -0.25) is 14.4 Å². The number of rotatable bonds is 10. The highest BCUT2D eigenvalue weighted by Crippen LogP contribution is 2.17. The van der Waals surface area contributed by atoms with Crippen LogP contribution in [0.2, 0.25) is 0 Å². The summed E-state index contributed by atoms with van der Waals surface area (Å²) in [6.45, 7) is 2.02. The summed E-state index contributed by atoms with van der Waals surface area (Å²) in [5.41, 5.74) is 10.9. The Balaban J connectivity index is 2.59. The molecule has 3 amide bonds. The van der Waals surface area contributed by atoms with E-state index in [4.69, 9.17) is 16.6 Å². The molecule has 0 spiro atoms. The highest BCUT2D eigenvalue weighted by Gasteiger charge is 2.34. The summed E-state index contributed by atoms with van der Waals surface area (Å²) in [5.74, 6) is -2.47. The van der Waals surface area contributed by atoms with Crippen LogP contribution in [-0.4, -0.2) is 71.5 Å². The summed E-state index contributed by atoms with van der Waals surface area (Å²) >= 11 is 0. The molecule has 3 unspecified atom stereocenters. The molecule has 0 aliphatic carbocycles. The molecule has 26 heavy (non-hydrogen) atoms. The standard InChI is InChI=1S/C16H29N5O5/c1-10(18)14(23)20-11(5-2-3-7-17)15(24)19-9-13(22)21-8-4-6-12(21)16(25)26/h10-12H,2-9,17-18H2,1H3,(H,19,24)(H,20,23)(H,25,26). The summed E-state index contributed by atoms with van der Waals surface area (Å²) in [7, 11) is 0. The van der Waals surface area contributed by atoms with Gasteiger partial charge in [0.25, 0.3) is 0 Å². The molecule has 1 aliphatic heterocycles. The van der Waals surface area contributed by atoms with E-state index in [-0.39, 0.29) is 6.54 Å². The minimum absolute atomic E-state index is 0.315. The van der Waals surface area contributed by atoms with Crippen LogP contribution in [0.5, 0.6) is 0 Å². The predicted octanol–water partition coefficient (Wildman–Crippen LogP) is -1.86. The third kappa shape index (κ3) is 6.60. The van der Waals surface area contributed by atoms with Gasteiger partial charge < -0.3 is 32.1 Å². The number of aliphatic carboxylic acids is 1. The minimum Gasteiger partial charge on any atom is -0.480 e. The van der Waals surface area contributed by atoms with Crippen molar-refractivity contribution < 1.29 is 24.3 Å². The quantitative estimate of drug-likeness (QED) is 0.280. The molecule has 0 aromatic rings. The number of carboxylic acids is 1. The number of carbonyl (C=O) groups excluding carboxylic acids is 3. The number of nitrogens with zero attached hydrogens (tertiary/aromatic N) is 1. The van der Waals surface area contributed by atoms with Crippen molar-refractivity contribution in [1.29, 1.82) is 0 Å². The molecule has 0 aromatic heterocycles. The second-order valence-corrected chi connectivity index (χ2v) is 6.44. The zero-order valence-corrected chi connectivity index (χ0v) is 15.1. The van der Waals surface area contributed by atoms with Crippen molar-refractivity contribution in [3.8, 4) is 0 Å². The number of carbonyl (C=O) groups is 4. The molecule has 1 heterocycles. The third-order valence-corrected chi connectivity index (χ3v) is 4.27. The van der Waals surface area contributed by atoms with E-state index in [0.717, 1.165) is 0 Å². The Hall–Kier alpha value is -2.20. The Morgan fingerprint density at radius 2 is 1.92 bits per heavy atom. The molecule has 7 N–H and O–H groups in total. The maximum absolute atomic E-state index is 12.3. The molecule has 0 radical (unpaired) electrons. The fourth-order valence-electron chi connectivity index (χ4n) is 2.77. The number of unbranched alkanes of at least 4 members (excludes halogenated alkanes) is 1. The van der Waals surface area contributed by atoms with Crippen LogP contribution in [0.3, 0.4) is 0 Å². The van der Waals surface area contributed by atoms with Crippen molar-refractivity contribution in [2.75, 3.05) is 19.6 Å². The van der Waals surface area contributed by atoms with Crippen molar-refractivity contribution in [2.45, 2.75) is 57.2 Å². The number of hydrogen-bond acceptors (Lipinski definition) is 6. The normalized spacial score (nSPS) is 18.9. The summed E-state index contributed by atoms with van der Waals surface area (Å²) in [6.07, 6.45) is 2.72. The maximum Gasteiger partial charge on any atom is 0.326 e. The Morgan fingerprint density at radius 3 is 2.50 bits per heavy atom. The molecule has 1 fully saturated rings. The molecule has 148 valence electrons. The zero-order chi connectivity index (χ0) is 19.7. The average molecular weight is 371 g/mol. The Kier molecular flexibility index (Phi) is 9.00. The molecule has 0 saturated carbocycles. The molecular weight excluding hydrogens is 342 g/mol. The SMILES string of the molecule is CC(N)C(=O)NC(CCCCN)C(=O)NCC(=O)N1CCCC1C(=O)O. The topological polar surface area (TPSA) is 168 Å². The molecule has 1 saturated heterocycles. The van der Waals surface area contributed by atoms with Gasteiger partial charge >= 0.3 is 5.97 Å². The highest BCUT2D eigenvalue weighted by atomic mass is 16.4. The molecule has 1 rings (SSSR count). The molecule has 10 nitrogen and oxygen atoms in total. The average Bonchev–Trinajstić information content (AvgIpc) is 3.08. The van der Waals surface area contributed by atoms with Gasteiger partial charge in [0.2, 0.25) is 17.7 Å². The van der Waals surface area contributed by atoms with Crippen LogP contribution in [0.1, 0.15) is 39.0 Å². The van der Waals surface area contributed by atoms with Crippen LogP contribution in [0.15, 0.2) is 0 Å². The predicted molar refractivity (Wildman–Crippen MR) is 93.9 cm³/mol. The number of hydrogen-bond donors (Lipinski definition) is 5. The number of amides is 3. The molecule has 0 bridgehead atoms. The summed E-state index contributed by atoms with van der Waals surface area (Å²) < 4.78 is 0.